The normalized spacial score (nSPS) is 11.3. The van der Waals surface area contributed by atoms with E-state index in [1.807, 2.05) is 18.4 Å². The van der Waals surface area contributed by atoms with Crippen LogP contribution in [-0.2, 0) is 11.3 Å². The fourth-order valence-corrected chi connectivity index (χ4v) is 2.48. The van der Waals surface area contributed by atoms with Crippen molar-refractivity contribution < 1.29 is 4.79 Å². The van der Waals surface area contributed by atoms with E-state index in [9.17, 15) is 4.79 Å². The first-order valence-corrected chi connectivity index (χ1v) is 7.47. The van der Waals surface area contributed by atoms with Gasteiger partial charge in [-0.15, -0.1) is 10.2 Å². The fourth-order valence-electron chi connectivity index (χ4n) is 1.56. The van der Waals surface area contributed by atoms with Crippen LogP contribution in [0.15, 0.2) is 5.16 Å². The zero-order chi connectivity index (χ0) is 14.4. The molecule has 1 rings (SSSR count). The number of thioether (sulfide) groups is 1. The van der Waals surface area contributed by atoms with Crippen molar-refractivity contribution in [3.63, 3.8) is 0 Å². The topological polar surface area (TPSA) is 85.8 Å². The number of rotatable bonds is 7. The summed E-state index contributed by atoms with van der Waals surface area (Å²) in [6.07, 6.45) is 0. The Balaban J connectivity index is 2.58. The zero-order valence-corrected chi connectivity index (χ0v) is 12.8. The first-order valence-electron chi connectivity index (χ1n) is 6.49. The third kappa shape index (κ3) is 4.83. The summed E-state index contributed by atoms with van der Waals surface area (Å²) < 4.78 is 1.97. The van der Waals surface area contributed by atoms with Crippen molar-refractivity contribution in [1.29, 1.82) is 0 Å². The van der Waals surface area contributed by atoms with Crippen LogP contribution >= 0.6 is 11.8 Å². The molecule has 3 N–H and O–H groups in total. The first-order chi connectivity index (χ1) is 8.95. The molecule has 1 aromatic rings. The van der Waals surface area contributed by atoms with E-state index in [-0.39, 0.29) is 11.9 Å². The summed E-state index contributed by atoms with van der Waals surface area (Å²) in [6.45, 7) is 9.28. The minimum absolute atomic E-state index is 0.0197. The molecule has 0 aliphatic carbocycles. The highest BCUT2D eigenvalue weighted by atomic mass is 32.2. The van der Waals surface area contributed by atoms with Crippen LogP contribution in [-0.4, -0.2) is 33.0 Å². The van der Waals surface area contributed by atoms with Crippen molar-refractivity contribution >= 4 is 17.7 Å². The Kier molecular flexibility index (Phi) is 6.30. The molecule has 0 bridgehead atoms. The maximum atomic E-state index is 11.7. The average molecular weight is 285 g/mol. The van der Waals surface area contributed by atoms with Gasteiger partial charge in [0.25, 0.3) is 0 Å². The number of amides is 1. The van der Waals surface area contributed by atoms with Crippen LogP contribution in [0.2, 0.25) is 0 Å². The van der Waals surface area contributed by atoms with E-state index in [2.05, 4.69) is 29.4 Å². The number of nitrogens with one attached hydrogen (secondary N) is 1. The molecule has 0 aliphatic rings. The van der Waals surface area contributed by atoms with E-state index in [1.165, 1.54) is 11.8 Å². The highest BCUT2D eigenvalue weighted by molar-refractivity contribution is 7.99. The van der Waals surface area contributed by atoms with Crippen molar-refractivity contribution in [2.24, 2.45) is 11.7 Å². The van der Waals surface area contributed by atoms with Crippen LogP contribution in [0.1, 0.15) is 39.6 Å². The van der Waals surface area contributed by atoms with E-state index in [0.717, 1.165) is 11.0 Å². The van der Waals surface area contributed by atoms with Gasteiger partial charge >= 0.3 is 0 Å². The Hall–Kier alpha value is -1.08. The number of nitrogens with two attached hydrogens (primary N) is 1. The van der Waals surface area contributed by atoms with Crippen LogP contribution in [0.3, 0.4) is 0 Å². The number of hydrogen-bond acceptors (Lipinski definition) is 5. The van der Waals surface area contributed by atoms with E-state index >= 15 is 0 Å². The molecule has 0 aromatic carbocycles. The van der Waals surface area contributed by atoms with Gasteiger partial charge in [0.05, 0.1) is 12.3 Å². The number of carbonyl (C=O) groups is 1. The summed E-state index contributed by atoms with van der Waals surface area (Å²) in [5.74, 6) is 1.57. The Bertz CT molecular complexity index is 416. The van der Waals surface area contributed by atoms with Crippen LogP contribution in [0.5, 0.6) is 0 Å². The lowest BCUT2D eigenvalue weighted by atomic mass is 10.2. The second-order valence-electron chi connectivity index (χ2n) is 5.05. The highest BCUT2D eigenvalue weighted by Gasteiger charge is 2.15. The zero-order valence-electron chi connectivity index (χ0n) is 12.0. The fraction of sp³-hybridized carbons (Fsp3) is 0.750. The molecule has 108 valence electrons. The lowest BCUT2D eigenvalue weighted by Gasteiger charge is -2.12. The largest absolute Gasteiger partial charge is 0.355 e. The molecule has 6 nitrogen and oxygen atoms in total. The molecule has 0 fully saturated rings. The molecule has 0 aliphatic heterocycles. The summed E-state index contributed by atoms with van der Waals surface area (Å²) in [5.41, 5.74) is 5.63. The first kappa shape index (κ1) is 16.0. The monoisotopic (exact) mass is 285 g/mol. The molecule has 7 heteroatoms. The summed E-state index contributed by atoms with van der Waals surface area (Å²) in [7, 11) is 0. The van der Waals surface area contributed by atoms with Gasteiger partial charge in [0.15, 0.2) is 5.16 Å². The highest BCUT2D eigenvalue weighted by Crippen LogP contribution is 2.21. The van der Waals surface area contributed by atoms with Gasteiger partial charge in [0, 0.05) is 12.6 Å². The summed E-state index contributed by atoms with van der Waals surface area (Å²) in [6, 6.07) is 0.231. The molecule has 0 atom stereocenters. The molecule has 1 amide bonds. The maximum Gasteiger partial charge on any atom is 0.230 e. The van der Waals surface area contributed by atoms with Gasteiger partial charge in [-0.1, -0.05) is 25.6 Å². The van der Waals surface area contributed by atoms with Crippen LogP contribution < -0.4 is 11.1 Å². The molecular weight excluding hydrogens is 262 g/mol. The Morgan fingerprint density at radius 1 is 1.37 bits per heavy atom. The summed E-state index contributed by atoms with van der Waals surface area (Å²) in [4.78, 5) is 11.7. The van der Waals surface area contributed by atoms with Gasteiger partial charge in [0.1, 0.15) is 5.82 Å². The van der Waals surface area contributed by atoms with Crippen molar-refractivity contribution in [3.05, 3.63) is 5.82 Å². The van der Waals surface area contributed by atoms with E-state index in [1.54, 1.807) is 0 Å². The summed E-state index contributed by atoms with van der Waals surface area (Å²) in [5, 5.41) is 11.8. The van der Waals surface area contributed by atoms with Gasteiger partial charge in [-0.3, -0.25) is 4.79 Å². The van der Waals surface area contributed by atoms with Crippen molar-refractivity contribution in [1.82, 2.24) is 20.1 Å². The van der Waals surface area contributed by atoms with Crippen molar-refractivity contribution in [3.8, 4) is 0 Å². The van der Waals surface area contributed by atoms with E-state index in [0.29, 0.717) is 24.8 Å². The number of carbonyl (C=O) groups excluding carboxylic acids is 1. The second kappa shape index (κ2) is 7.49. The van der Waals surface area contributed by atoms with Crippen LogP contribution in [0, 0.1) is 5.92 Å². The van der Waals surface area contributed by atoms with Gasteiger partial charge in [-0.05, 0) is 19.8 Å². The van der Waals surface area contributed by atoms with Gasteiger partial charge in [0.2, 0.25) is 5.91 Å². The standard InChI is InChI=1S/C12H23N5OS/c1-8(2)6-14-11(18)7-19-12-16-15-10(5-13)17(12)9(3)4/h8-9H,5-7,13H2,1-4H3,(H,14,18). The SMILES string of the molecule is CC(C)CNC(=O)CSc1nnc(CN)n1C(C)C. The third-order valence-corrected chi connectivity index (χ3v) is 3.42. The Labute approximate surface area is 118 Å². The quantitative estimate of drug-likeness (QED) is 0.735. The van der Waals surface area contributed by atoms with Gasteiger partial charge < -0.3 is 15.6 Å². The minimum Gasteiger partial charge on any atom is -0.355 e. The van der Waals surface area contributed by atoms with Crippen LogP contribution in [0.25, 0.3) is 0 Å². The lowest BCUT2D eigenvalue weighted by molar-refractivity contribution is -0.118. The van der Waals surface area contributed by atoms with Crippen molar-refractivity contribution in [2.75, 3.05) is 12.3 Å². The molecule has 0 saturated carbocycles. The van der Waals surface area contributed by atoms with Gasteiger partial charge in [-0.25, -0.2) is 0 Å². The predicted octanol–water partition coefficient (Wildman–Crippen LogP) is 1.18. The smallest absolute Gasteiger partial charge is 0.230 e. The third-order valence-electron chi connectivity index (χ3n) is 2.47. The molecule has 0 saturated heterocycles. The molecule has 0 spiro atoms. The maximum absolute atomic E-state index is 11.7. The molecule has 1 heterocycles. The average Bonchev–Trinajstić information content (AvgIpc) is 2.76. The van der Waals surface area contributed by atoms with Crippen LogP contribution in [0.4, 0.5) is 0 Å². The summed E-state index contributed by atoms with van der Waals surface area (Å²) >= 11 is 1.39. The van der Waals surface area contributed by atoms with E-state index in [4.69, 9.17) is 5.73 Å². The van der Waals surface area contributed by atoms with Crippen molar-refractivity contribution in [2.45, 2.75) is 45.4 Å². The second-order valence-corrected chi connectivity index (χ2v) is 6.00. The Morgan fingerprint density at radius 2 is 2.05 bits per heavy atom. The predicted molar refractivity (Wildman–Crippen MR) is 76.9 cm³/mol. The number of nitrogens with zero attached hydrogens (tertiary/aromatic N) is 3. The van der Waals surface area contributed by atoms with E-state index < -0.39 is 0 Å². The van der Waals surface area contributed by atoms with Gasteiger partial charge in [-0.2, -0.15) is 0 Å². The molecular formula is C12H23N5OS. The number of hydrogen-bond donors (Lipinski definition) is 2. The number of aromatic nitrogens is 3. The molecule has 0 unspecified atom stereocenters. The molecule has 19 heavy (non-hydrogen) atoms. The molecule has 0 radical (unpaired) electrons. The Morgan fingerprint density at radius 3 is 2.58 bits per heavy atom. The minimum atomic E-state index is 0.0197. The molecule has 1 aromatic heterocycles. The lowest BCUT2D eigenvalue weighted by Crippen LogP contribution is -2.28.